The Morgan fingerprint density at radius 1 is 1.15 bits per heavy atom. The lowest BCUT2D eigenvalue weighted by Gasteiger charge is -2.20. The molecule has 2 aromatic carbocycles. The Balaban J connectivity index is 1.78. The van der Waals surface area contributed by atoms with Crippen LogP contribution >= 0.6 is 11.6 Å². The van der Waals surface area contributed by atoms with E-state index in [1.807, 2.05) is 6.07 Å². The molecule has 0 aliphatic carbocycles. The molecule has 0 radical (unpaired) electrons. The van der Waals surface area contributed by atoms with Crippen molar-refractivity contribution in [1.29, 1.82) is 0 Å². The number of aliphatic imine (C=N–C) groups is 2. The van der Waals surface area contributed by atoms with Gasteiger partial charge in [0.15, 0.2) is 0 Å². The summed E-state index contributed by atoms with van der Waals surface area (Å²) in [7, 11) is 0. The minimum absolute atomic E-state index is 0.265. The van der Waals surface area contributed by atoms with E-state index in [-0.39, 0.29) is 11.1 Å². The third-order valence-electron chi connectivity index (χ3n) is 5.56. The van der Waals surface area contributed by atoms with Crippen molar-refractivity contribution >= 4 is 45.9 Å². The van der Waals surface area contributed by atoms with Crippen LogP contribution in [0, 0.1) is 5.82 Å². The number of pyridine rings is 2. The molecule has 0 saturated heterocycles. The molecule has 0 spiro atoms. The third kappa shape index (κ3) is 3.67. The Labute approximate surface area is 198 Å². The molecule has 1 atom stereocenters. The number of aromatic nitrogens is 2. The van der Waals surface area contributed by atoms with E-state index in [1.165, 1.54) is 29.0 Å². The maximum atomic E-state index is 14.1. The number of halogens is 2. The second kappa shape index (κ2) is 8.63. The van der Waals surface area contributed by atoms with Gasteiger partial charge >= 0.3 is 0 Å². The normalized spacial score (nSPS) is 14.8. The summed E-state index contributed by atoms with van der Waals surface area (Å²) in [5.74, 6) is 1.64. The highest BCUT2D eigenvalue weighted by Gasteiger charge is 2.22. The van der Waals surface area contributed by atoms with Gasteiger partial charge in [-0.1, -0.05) is 29.8 Å². The first-order chi connectivity index (χ1) is 16.5. The van der Waals surface area contributed by atoms with Crippen molar-refractivity contribution in [1.82, 2.24) is 9.55 Å². The van der Waals surface area contributed by atoms with E-state index >= 15 is 0 Å². The number of nitrogens with zero attached hydrogens (tertiary/aromatic N) is 5. The largest absolute Gasteiger partial charge is 0.763 e. The lowest BCUT2D eigenvalue weighted by Crippen LogP contribution is -2.24. The Hall–Kier alpha value is -4.19. The van der Waals surface area contributed by atoms with Crippen molar-refractivity contribution in [3.63, 3.8) is 0 Å². The lowest BCUT2D eigenvalue weighted by atomic mass is 10.0. The van der Waals surface area contributed by atoms with Crippen LogP contribution in [0.5, 0.6) is 0 Å². The fraction of sp³-hybridized carbons (Fsp3) is 0.0769. The molecule has 2 aromatic heterocycles. The highest BCUT2D eigenvalue weighted by molar-refractivity contribution is 6.35. The molecule has 1 aliphatic heterocycles. The molecule has 8 heteroatoms. The topological polar surface area (TPSA) is 81.9 Å². The Bertz CT molecular complexity index is 1630. The Morgan fingerprint density at radius 3 is 2.76 bits per heavy atom. The van der Waals surface area contributed by atoms with Crippen molar-refractivity contribution in [2.45, 2.75) is 13.0 Å². The summed E-state index contributed by atoms with van der Waals surface area (Å²) in [5, 5.41) is 10.9. The van der Waals surface area contributed by atoms with E-state index in [1.54, 1.807) is 49.5 Å². The SMILES string of the molecule is CC(N=C1C(=C=[N-])C=Nc2cccnc21)c1cc2cccc(Cl)c2c(=O)n1-c1cccc(F)c1. The van der Waals surface area contributed by atoms with Crippen LogP contribution in [0.3, 0.4) is 0 Å². The quantitative estimate of drug-likeness (QED) is 0.366. The van der Waals surface area contributed by atoms with Crippen LogP contribution in [-0.4, -0.2) is 27.3 Å². The first kappa shape index (κ1) is 21.6. The highest BCUT2D eigenvalue weighted by Crippen LogP contribution is 2.30. The van der Waals surface area contributed by atoms with Crippen LogP contribution in [0.2, 0.25) is 5.02 Å². The van der Waals surface area contributed by atoms with Crippen molar-refractivity contribution < 1.29 is 4.39 Å². The van der Waals surface area contributed by atoms with Gasteiger partial charge in [0.05, 0.1) is 33.5 Å². The summed E-state index contributed by atoms with van der Waals surface area (Å²) in [6.07, 6.45) is 3.06. The number of fused-ring (bicyclic) bond motifs is 2. The molecule has 0 bridgehead atoms. The van der Waals surface area contributed by atoms with Crippen LogP contribution in [0.25, 0.3) is 21.9 Å². The van der Waals surface area contributed by atoms with Gasteiger partial charge in [-0.15, -0.1) is 0 Å². The van der Waals surface area contributed by atoms with Gasteiger partial charge in [-0.3, -0.25) is 30.2 Å². The molecule has 0 fully saturated rings. The van der Waals surface area contributed by atoms with E-state index in [9.17, 15) is 14.6 Å². The zero-order valence-corrected chi connectivity index (χ0v) is 18.7. The summed E-state index contributed by atoms with van der Waals surface area (Å²) in [6, 6.07) is 15.7. The number of allylic oxidation sites excluding steroid dienone is 1. The summed E-state index contributed by atoms with van der Waals surface area (Å²) in [6.45, 7) is 1.80. The third-order valence-corrected chi connectivity index (χ3v) is 5.88. The van der Waals surface area contributed by atoms with Crippen LogP contribution < -0.4 is 5.56 Å². The van der Waals surface area contributed by atoms with Gasteiger partial charge in [-0.2, -0.15) is 0 Å². The summed E-state index contributed by atoms with van der Waals surface area (Å²) < 4.78 is 15.5. The number of hydrogen-bond donors (Lipinski definition) is 0. The molecule has 34 heavy (non-hydrogen) atoms. The van der Waals surface area contributed by atoms with Crippen molar-refractivity contribution in [3.8, 4) is 5.69 Å². The summed E-state index contributed by atoms with van der Waals surface area (Å²) in [4.78, 5) is 27.1. The van der Waals surface area contributed by atoms with Gasteiger partial charge in [-0.25, -0.2) is 4.39 Å². The Morgan fingerprint density at radius 2 is 1.97 bits per heavy atom. The highest BCUT2D eigenvalue weighted by atomic mass is 35.5. The second-order valence-corrected chi connectivity index (χ2v) is 8.11. The molecule has 4 aromatic rings. The monoisotopic (exact) mass is 468 g/mol. The number of hydrogen-bond acceptors (Lipinski definition) is 4. The maximum Gasteiger partial charge on any atom is 0.264 e. The molecule has 0 N–H and O–H groups in total. The van der Waals surface area contributed by atoms with E-state index in [4.69, 9.17) is 16.6 Å². The molecule has 6 nitrogen and oxygen atoms in total. The fourth-order valence-electron chi connectivity index (χ4n) is 4.01. The first-order valence-electron chi connectivity index (χ1n) is 10.4. The van der Waals surface area contributed by atoms with Gasteiger partial charge in [0.2, 0.25) is 0 Å². The second-order valence-electron chi connectivity index (χ2n) is 7.70. The van der Waals surface area contributed by atoms with Gasteiger partial charge in [0, 0.05) is 18.0 Å². The predicted molar refractivity (Wildman–Crippen MR) is 134 cm³/mol. The minimum atomic E-state index is -0.598. The average Bonchev–Trinajstić information content (AvgIpc) is 2.84. The zero-order chi connectivity index (χ0) is 23.8. The standard InChI is InChI=1S/C26H16ClFN5O/c1-15(32-24-17(13-29)14-31-21-9-4-10-30-25(21)24)22-11-16-5-2-8-20(27)23(16)26(34)33(22)19-7-3-6-18(28)12-19/h2-12,14-15H,1H3/q-1. The van der Waals surface area contributed by atoms with Crippen molar-refractivity contribution in [3.05, 3.63) is 110 Å². The zero-order valence-electron chi connectivity index (χ0n) is 17.9. The molecule has 3 heterocycles. The molecular weight excluding hydrogens is 453 g/mol. The van der Waals surface area contributed by atoms with Crippen LogP contribution in [0.4, 0.5) is 10.1 Å². The summed E-state index contributed by atoms with van der Waals surface area (Å²) >= 11 is 6.36. The lowest BCUT2D eigenvalue weighted by molar-refractivity contribution is 0.625. The number of benzene rings is 2. The van der Waals surface area contributed by atoms with Gasteiger partial charge < -0.3 is 5.41 Å². The van der Waals surface area contributed by atoms with E-state index in [2.05, 4.69) is 15.8 Å². The van der Waals surface area contributed by atoms with Crippen LogP contribution in [0.15, 0.2) is 87.2 Å². The molecule has 166 valence electrons. The fourth-order valence-corrected chi connectivity index (χ4v) is 4.27. The van der Waals surface area contributed by atoms with Crippen molar-refractivity contribution in [2.24, 2.45) is 9.98 Å². The molecule has 0 saturated carbocycles. The molecular formula is C26H16ClFN5O-. The van der Waals surface area contributed by atoms with E-state index in [0.29, 0.717) is 44.3 Å². The molecule has 1 unspecified atom stereocenters. The van der Waals surface area contributed by atoms with Gasteiger partial charge in [0.1, 0.15) is 17.2 Å². The Kier molecular flexibility index (Phi) is 5.49. The van der Waals surface area contributed by atoms with Crippen LogP contribution in [0.1, 0.15) is 24.4 Å². The molecule has 5 rings (SSSR count). The van der Waals surface area contributed by atoms with E-state index < -0.39 is 11.9 Å². The van der Waals surface area contributed by atoms with Crippen molar-refractivity contribution in [2.75, 3.05) is 0 Å². The van der Waals surface area contributed by atoms with E-state index in [0.717, 1.165) is 0 Å². The molecule has 0 amide bonds. The first-order valence-corrected chi connectivity index (χ1v) is 10.8. The smallest absolute Gasteiger partial charge is 0.264 e. The summed E-state index contributed by atoms with van der Waals surface area (Å²) in [5.41, 5.74) is 2.20. The van der Waals surface area contributed by atoms with Gasteiger partial charge in [0.25, 0.3) is 5.56 Å². The van der Waals surface area contributed by atoms with Crippen LogP contribution in [-0.2, 0) is 0 Å². The molecule has 1 aliphatic rings. The maximum absolute atomic E-state index is 14.1. The predicted octanol–water partition coefficient (Wildman–Crippen LogP) is 5.61. The van der Waals surface area contributed by atoms with Gasteiger partial charge in [-0.05, 0) is 54.8 Å². The minimum Gasteiger partial charge on any atom is -0.763 e. The number of rotatable bonds is 3. The average molecular weight is 469 g/mol.